The number of carbonyl (C=O) groups excluding carboxylic acids is 1. The molecule has 1 aromatic rings. The topological polar surface area (TPSA) is 70.9 Å². The first kappa shape index (κ1) is 11.0. The molecule has 16 heavy (non-hydrogen) atoms. The Balaban J connectivity index is 1.90. The van der Waals surface area contributed by atoms with Crippen molar-refractivity contribution in [1.29, 1.82) is 0 Å². The molecule has 4 N–H and O–H groups in total. The zero-order valence-electron chi connectivity index (χ0n) is 9.46. The molecule has 4 nitrogen and oxygen atoms in total. The first-order chi connectivity index (χ1) is 7.75. The van der Waals surface area contributed by atoms with Crippen LogP contribution in [0.15, 0.2) is 12.3 Å². The number of amides is 1. The minimum absolute atomic E-state index is 0.0383. The molecule has 0 aromatic carbocycles. The highest BCUT2D eigenvalue weighted by atomic mass is 16.1. The van der Waals surface area contributed by atoms with Crippen LogP contribution in [0.1, 0.15) is 49.0 Å². The van der Waals surface area contributed by atoms with Gasteiger partial charge in [-0.1, -0.05) is 25.7 Å². The van der Waals surface area contributed by atoms with Crippen molar-refractivity contribution in [2.75, 3.05) is 5.73 Å². The average Bonchev–Trinajstić information content (AvgIpc) is 2.54. The number of rotatable bonds is 2. The molecular weight excluding hydrogens is 202 g/mol. The van der Waals surface area contributed by atoms with Gasteiger partial charge in [-0.05, 0) is 18.9 Å². The molecule has 0 spiro atoms. The second-order valence-corrected chi connectivity index (χ2v) is 4.51. The number of H-pyrrole nitrogens is 1. The van der Waals surface area contributed by atoms with E-state index in [2.05, 4.69) is 10.3 Å². The Bertz CT molecular complexity index is 351. The van der Waals surface area contributed by atoms with Crippen LogP contribution in [-0.4, -0.2) is 16.9 Å². The van der Waals surface area contributed by atoms with E-state index in [1.165, 1.54) is 25.7 Å². The maximum atomic E-state index is 11.8. The van der Waals surface area contributed by atoms with Crippen molar-refractivity contribution in [3.63, 3.8) is 0 Å². The summed E-state index contributed by atoms with van der Waals surface area (Å²) >= 11 is 0. The fraction of sp³-hybridized carbons (Fsp3) is 0.583. The molecule has 1 fully saturated rings. The maximum Gasteiger partial charge on any atom is 0.267 e. The third kappa shape index (κ3) is 2.78. The molecule has 1 aliphatic rings. The van der Waals surface area contributed by atoms with Crippen LogP contribution in [0.5, 0.6) is 0 Å². The fourth-order valence-corrected chi connectivity index (χ4v) is 2.23. The van der Waals surface area contributed by atoms with Crippen molar-refractivity contribution in [2.45, 2.75) is 44.6 Å². The Hall–Kier alpha value is -1.45. The molecule has 1 amide bonds. The molecule has 0 bridgehead atoms. The van der Waals surface area contributed by atoms with Gasteiger partial charge in [-0.3, -0.25) is 4.79 Å². The maximum absolute atomic E-state index is 11.8. The Morgan fingerprint density at radius 2 is 2.00 bits per heavy atom. The molecule has 0 radical (unpaired) electrons. The Labute approximate surface area is 95.6 Å². The molecule has 1 heterocycles. The van der Waals surface area contributed by atoms with Crippen LogP contribution in [0.25, 0.3) is 0 Å². The summed E-state index contributed by atoms with van der Waals surface area (Å²) in [6.45, 7) is 0. The summed E-state index contributed by atoms with van der Waals surface area (Å²) in [6, 6.07) is 2.01. The SMILES string of the molecule is Nc1c[nH]c(C(=O)NC2CCCCCC2)c1. The number of hydrogen-bond acceptors (Lipinski definition) is 2. The van der Waals surface area contributed by atoms with Gasteiger partial charge >= 0.3 is 0 Å². The van der Waals surface area contributed by atoms with Gasteiger partial charge in [0.1, 0.15) is 5.69 Å². The Morgan fingerprint density at radius 1 is 1.31 bits per heavy atom. The highest BCUT2D eigenvalue weighted by Crippen LogP contribution is 2.17. The average molecular weight is 221 g/mol. The fourth-order valence-electron chi connectivity index (χ4n) is 2.23. The Morgan fingerprint density at radius 3 is 2.56 bits per heavy atom. The molecule has 88 valence electrons. The van der Waals surface area contributed by atoms with Crippen LogP contribution in [0.4, 0.5) is 5.69 Å². The Kier molecular flexibility index (Phi) is 3.49. The lowest BCUT2D eigenvalue weighted by Crippen LogP contribution is -2.34. The molecule has 1 saturated carbocycles. The summed E-state index contributed by atoms with van der Waals surface area (Å²) in [5.41, 5.74) is 6.72. The minimum atomic E-state index is -0.0383. The number of nitrogens with two attached hydrogens (primary N) is 1. The quantitative estimate of drug-likeness (QED) is 0.669. The van der Waals surface area contributed by atoms with Gasteiger partial charge in [0.2, 0.25) is 0 Å². The van der Waals surface area contributed by atoms with Crippen LogP contribution >= 0.6 is 0 Å². The summed E-state index contributed by atoms with van der Waals surface area (Å²) in [5.74, 6) is -0.0383. The largest absolute Gasteiger partial charge is 0.397 e. The van der Waals surface area contributed by atoms with Gasteiger partial charge in [-0.15, -0.1) is 0 Å². The van der Waals surface area contributed by atoms with E-state index in [0.29, 0.717) is 17.4 Å². The number of carbonyl (C=O) groups is 1. The molecule has 0 atom stereocenters. The van der Waals surface area contributed by atoms with Crippen molar-refractivity contribution in [3.8, 4) is 0 Å². The van der Waals surface area contributed by atoms with E-state index in [1.807, 2.05) is 0 Å². The standard InChI is InChI=1S/C12H19N3O/c13-9-7-11(14-8-9)12(16)15-10-5-3-1-2-4-6-10/h7-8,10,14H,1-6,13H2,(H,15,16). The van der Waals surface area contributed by atoms with Gasteiger partial charge in [0.25, 0.3) is 5.91 Å². The van der Waals surface area contributed by atoms with E-state index in [9.17, 15) is 4.79 Å². The first-order valence-corrected chi connectivity index (χ1v) is 6.00. The van der Waals surface area contributed by atoms with Gasteiger partial charge < -0.3 is 16.0 Å². The number of aromatic nitrogens is 1. The van der Waals surface area contributed by atoms with Crippen LogP contribution in [0.2, 0.25) is 0 Å². The number of aromatic amines is 1. The van der Waals surface area contributed by atoms with Gasteiger partial charge in [0.05, 0.1) is 0 Å². The van der Waals surface area contributed by atoms with E-state index >= 15 is 0 Å². The zero-order valence-corrected chi connectivity index (χ0v) is 9.46. The molecule has 0 unspecified atom stereocenters. The van der Waals surface area contributed by atoms with Gasteiger partial charge in [0.15, 0.2) is 0 Å². The van der Waals surface area contributed by atoms with E-state index in [4.69, 9.17) is 5.73 Å². The van der Waals surface area contributed by atoms with Gasteiger partial charge in [-0.25, -0.2) is 0 Å². The van der Waals surface area contributed by atoms with E-state index < -0.39 is 0 Å². The summed E-state index contributed by atoms with van der Waals surface area (Å²) in [4.78, 5) is 14.7. The number of anilines is 1. The second-order valence-electron chi connectivity index (χ2n) is 4.51. The normalized spacial score (nSPS) is 18.0. The molecule has 1 aromatic heterocycles. The van der Waals surface area contributed by atoms with Crippen LogP contribution in [-0.2, 0) is 0 Å². The minimum Gasteiger partial charge on any atom is -0.397 e. The first-order valence-electron chi connectivity index (χ1n) is 6.00. The monoisotopic (exact) mass is 221 g/mol. The molecule has 2 rings (SSSR count). The van der Waals surface area contributed by atoms with Crippen molar-refractivity contribution >= 4 is 11.6 Å². The van der Waals surface area contributed by atoms with E-state index in [-0.39, 0.29) is 5.91 Å². The van der Waals surface area contributed by atoms with Crippen LogP contribution in [0, 0.1) is 0 Å². The predicted molar refractivity (Wildman–Crippen MR) is 64.2 cm³/mol. The number of nitrogen functional groups attached to an aromatic ring is 1. The highest BCUT2D eigenvalue weighted by molar-refractivity contribution is 5.93. The lowest BCUT2D eigenvalue weighted by atomic mass is 10.1. The summed E-state index contributed by atoms with van der Waals surface area (Å²) in [5, 5.41) is 3.06. The van der Waals surface area contributed by atoms with Crippen molar-refractivity contribution < 1.29 is 4.79 Å². The zero-order chi connectivity index (χ0) is 11.4. The highest BCUT2D eigenvalue weighted by Gasteiger charge is 2.16. The van der Waals surface area contributed by atoms with E-state index in [1.54, 1.807) is 12.3 Å². The third-order valence-electron chi connectivity index (χ3n) is 3.14. The van der Waals surface area contributed by atoms with Crippen molar-refractivity contribution in [3.05, 3.63) is 18.0 Å². The molecule has 0 aliphatic heterocycles. The van der Waals surface area contributed by atoms with Crippen LogP contribution in [0.3, 0.4) is 0 Å². The summed E-state index contributed by atoms with van der Waals surface area (Å²) in [6.07, 6.45) is 8.87. The third-order valence-corrected chi connectivity index (χ3v) is 3.14. The van der Waals surface area contributed by atoms with Gasteiger partial charge in [-0.2, -0.15) is 0 Å². The van der Waals surface area contributed by atoms with Crippen molar-refractivity contribution in [2.24, 2.45) is 0 Å². The van der Waals surface area contributed by atoms with E-state index in [0.717, 1.165) is 12.8 Å². The van der Waals surface area contributed by atoms with Crippen molar-refractivity contribution in [1.82, 2.24) is 10.3 Å². The summed E-state index contributed by atoms with van der Waals surface area (Å²) < 4.78 is 0. The lowest BCUT2D eigenvalue weighted by Gasteiger charge is -2.15. The number of hydrogen-bond donors (Lipinski definition) is 3. The second kappa shape index (κ2) is 5.05. The van der Waals surface area contributed by atoms with Crippen LogP contribution < -0.4 is 11.1 Å². The molecule has 1 aliphatic carbocycles. The molecule has 0 saturated heterocycles. The molecular formula is C12H19N3O. The smallest absolute Gasteiger partial charge is 0.267 e. The lowest BCUT2D eigenvalue weighted by molar-refractivity contribution is 0.0929. The van der Waals surface area contributed by atoms with Gasteiger partial charge in [0, 0.05) is 17.9 Å². The predicted octanol–water partition coefficient (Wildman–Crippen LogP) is 2.05. The summed E-state index contributed by atoms with van der Waals surface area (Å²) in [7, 11) is 0. The molecule has 4 heteroatoms. The number of nitrogens with one attached hydrogen (secondary N) is 2.